The van der Waals surface area contributed by atoms with Gasteiger partial charge in [0.05, 0.1) is 0 Å². The smallest absolute Gasteiger partial charge is 0.223 e. The van der Waals surface area contributed by atoms with E-state index in [9.17, 15) is 4.79 Å². The molecule has 0 spiro atoms. The largest absolute Gasteiger partial charge is 0.353 e. The van der Waals surface area contributed by atoms with Crippen molar-refractivity contribution in [2.75, 3.05) is 13.1 Å². The lowest BCUT2D eigenvalue weighted by Gasteiger charge is -2.32. The summed E-state index contributed by atoms with van der Waals surface area (Å²) < 4.78 is 0. The van der Waals surface area contributed by atoms with Gasteiger partial charge in [0.1, 0.15) is 0 Å². The van der Waals surface area contributed by atoms with Crippen molar-refractivity contribution in [3.05, 3.63) is 35.4 Å². The maximum Gasteiger partial charge on any atom is 0.223 e. The van der Waals surface area contributed by atoms with Gasteiger partial charge in [0, 0.05) is 31.6 Å². The number of carbonyl (C=O) groups is 1. The quantitative estimate of drug-likeness (QED) is 0.913. The number of carbonyl (C=O) groups excluding carboxylic acids is 1. The summed E-state index contributed by atoms with van der Waals surface area (Å²) in [6.07, 6.45) is 4.37. The lowest BCUT2D eigenvalue weighted by atomic mass is 10.0. The standard InChI is InChI=1S/C17H24N2O/c1-13-4-2-3-5-15(13)12-19-10-8-16(9-11-19)18-17(20)14-6-7-14/h2-5,14,16H,6-12H2,1H3,(H,18,20). The third kappa shape index (κ3) is 3.40. The Bertz CT molecular complexity index is 474. The molecule has 3 heteroatoms. The number of nitrogens with zero attached hydrogens (tertiary/aromatic N) is 1. The van der Waals surface area contributed by atoms with Crippen LogP contribution in [0.1, 0.15) is 36.8 Å². The molecule has 0 atom stereocenters. The highest BCUT2D eigenvalue weighted by Crippen LogP contribution is 2.29. The molecule has 1 aliphatic heterocycles. The van der Waals surface area contributed by atoms with Crippen LogP contribution in [0, 0.1) is 12.8 Å². The Balaban J connectivity index is 1.46. The first-order chi connectivity index (χ1) is 9.72. The Kier molecular flexibility index (Phi) is 4.06. The van der Waals surface area contributed by atoms with Gasteiger partial charge in [-0.1, -0.05) is 24.3 Å². The molecule has 1 saturated carbocycles. The molecule has 1 N–H and O–H groups in total. The number of nitrogens with one attached hydrogen (secondary N) is 1. The SMILES string of the molecule is Cc1ccccc1CN1CCC(NC(=O)C2CC2)CC1. The topological polar surface area (TPSA) is 32.3 Å². The zero-order valence-electron chi connectivity index (χ0n) is 12.3. The van der Waals surface area contributed by atoms with Crippen molar-refractivity contribution < 1.29 is 4.79 Å². The minimum absolute atomic E-state index is 0.294. The van der Waals surface area contributed by atoms with Crippen LogP contribution < -0.4 is 5.32 Å². The normalized spacial score (nSPS) is 20.9. The summed E-state index contributed by atoms with van der Waals surface area (Å²) in [5.74, 6) is 0.627. The molecule has 108 valence electrons. The molecule has 1 saturated heterocycles. The van der Waals surface area contributed by atoms with E-state index in [-0.39, 0.29) is 0 Å². The Labute approximate surface area is 121 Å². The van der Waals surface area contributed by atoms with E-state index >= 15 is 0 Å². The van der Waals surface area contributed by atoms with E-state index in [2.05, 4.69) is 41.4 Å². The van der Waals surface area contributed by atoms with Gasteiger partial charge in [0.2, 0.25) is 5.91 Å². The van der Waals surface area contributed by atoms with Crippen LogP contribution in [0.3, 0.4) is 0 Å². The fraction of sp³-hybridized carbons (Fsp3) is 0.588. The summed E-state index contributed by atoms with van der Waals surface area (Å²) in [5, 5.41) is 3.21. The molecule has 0 aromatic heterocycles. The van der Waals surface area contributed by atoms with Crippen molar-refractivity contribution in [1.82, 2.24) is 10.2 Å². The first kappa shape index (κ1) is 13.6. The molecule has 1 heterocycles. The van der Waals surface area contributed by atoms with Crippen LogP contribution in [0.25, 0.3) is 0 Å². The highest BCUT2D eigenvalue weighted by molar-refractivity contribution is 5.81. The summed E-state index contributed by atoms with van der Waals surface area (Å²) in [5.41, 5.74) is 2.80. The third-order valence-electron chi connectivity index (χ3n) is 4.54. The van der Waals surface area contributed by atoms with Gasteiger partial charge in [-0.25, -0.2) is 0 Å². The van der Waals surface area contributed by atoms with Crippen LogP contribution in [-0.4, -0.2) is 29.9 Å². The number of piperidine rings is 1. The maximum atomic E-state index is 11.8. The van der Waals surface area contributed by atoms with Crippen molar-refractivity contribution in [1.29, 1.82) is 0 Å². The molecule has 20 heavy (non-hydrogen) atoms. The number of hydrogen-bond donors (Lipinski definition) is 1. The summed E-state index contributed by atoms with van der Waals surface area (Å²) in [7, 11) is 0. The number of aryl methyl sites for hydroxylation is 1. The van der Waals surface area contributed by atoms with E-state index in [1.807, 2.05) is 0 Å². The molecule has 3 rings (SSSR count). The maximum absolute atomic E-state index is 11.8. The van der Waals surface area contributed by atoms with Crippen LogP contribution in [0.2, 0.25) is 0 Å². The molecule has 0 bridgehead atoms. The Hall–Kier alpha value is -1.35. The zero-order chi connectivity index (χ0) is 13.9. The van der Waals surface area contributed by atoms with E-state index in [0.717, 1.165) is 45.3 Å². The molecular weight excluding hydrogens is 248 g/mol. The Morgan fingerprint density at radius 1 is 1.20 bits per heavy atom. The van der Waals surface area contributed by atoms with Gasteiger partial charge in [-0.3, -0.25) is 9.69 Å². The average Bonchev–Trinajstić information content (AvgIpc) is 3.28. The molecule has 1 aliphatic carbocycles. The van der Waals surface area contributed by atoms with Crippen molar-refractivity contribution in [3.8, 4) is 0 Å². The molecule has 0 radical (unpaired) electrons. The van der Waals surface area contributed by atoms with Crippen LogP contribution in [0.15, 0.2) is 24.3 Å². The second-order valence-electron chi connectivity index (χ2n) is 6.26. The zero-order valence-corrected chi connectivity index (χ0v) is 12.3. The van der Waals surface area contributed by atoms with Crippen LogP contribution in [0.5, 0.6) is 0 Å². The van der Waals surface area contributed by atoms with Gasteiger partial charge >= 0.3 is 0 Å². The Morgan fingerprint density at radius 2 is 1.90 bits per heavy atom. The second kappa shape index (κ2) is 5.96. The van der Waals surface area contributed by atoms with E-state index in [0.29, 0.717) is 17.9 Å². The number of rotatable bonds is 4. The van der Waals surface area contributed by atoms with Crippen LogP contribution in [-0.2, 0) is 11.3 Å². The van der Waals surface area contributed by atoms with Gasteiger partial charge < -0.3 is 5.32 Å². The fourth-order valence-corrected chi connectivity index (χ4v) is 2.93. The van der Waals surface area contributed by atoms with Crippen molar-refractivity contribution in [2.24, 2.45) is 5.92 Å². The predicted octanol–water partition coefficient (Wildman–Crippen LogP) is 2.49. The predicted molar refractivity (Wildman–Crippen MR) is 80.3 cm³/mol. The lowest BCUT2D eigenvalue weighted by Crippen LogP contribution is -2.44. The van der Waals surface area contributed by atoms with E-state index in [1.54, 1.807) is 0 Å². The third-order valence-corrected chi connectivity index (χ3v) is 4.54. The molecular formula is C17H24N2O. The van der Waals surface area contributed by atoms with Crippen molar-refractivity contribution in [2.45, 2.75) is 45.2 Å². The summed E-state index contributed by atoms with van der Waals surface area (Å²) >= 11 is 0. The lowest BCUT2D eigenvalue weighted by molar-refractivity contribution is -0.123. The first-order valence-corrected chi connectivity index (χ1v) is 7.79. The van der Waals surface area contributed by atoms with Gasteiger partial charge in [-0.15, -0.1) is 0 Å². The summed E-state index contributed by atoms with van der Waals surface area (Å²) in [4.78, 5) is 14.3. The van der Waals surface area contributed by atoms with E-state index < -0.39 is 0 Å². The van der Waals surface area contributed by atoms with Crippen molar-refractivity contribution >= 4 is 5.91 Å². The molecule has 1 aromatic carbocycles. The number of hydrogen-bond acceptors (Lipinski definition) is 2. The highest BCUT2D eigenvalue weighted by Gasteiger charge is 2.31. The van der Waals surface area contributed by atoms with E-state index in [1.165, 1.54) is 11.1 Å². The molecule has 2 fully saturated rings. The summed E-state index contributed by atoms with van der Waals surface area (Å²) in [6.45, 7) is 5.39. The van der Waals surface area contributed by atoms with Gasteiger partial charge in [0.25, 0.3) is 0 Å². The van der Waals surface area contributed by atoms with Gasteiger partial charge in [-0.2, -0.15) is 0 Å². The number of likely N-dealkylation sites (tertiary alicyclic amines) is 1. The van der Waals surface area contributed by atoms with Crippen molar-refractivity contribution in [3.63, 3.8) is 0 Å². The monoisotopic (exact) mass is 272 g/mol. The van der Waals surface area contributed by atoms with Crippen LogP contribution >= 0.6 is 0 Å². The van der Waals surface area contributed by atoms with E-state index in [4.69, 9.17) is 0 Å². The second-order valence-corrected chi connectivity index (χ2v) is 6.26. The molecule has 0 unspecified atom stereocenters. The van der Waals surface area contributed by atoms with Gasteiger partial charge in [-0.05, 0) is 43.7 Å². The molecule has 3 nitrogen and oxygen atoms in total. The fourth-order valence-electron chi connectivity index (χ4n) is 2.93. The van der Waals surface area contributed by atoms with Crippen LogP contribution in [0.4, 0.5) is 0 Å². The number of amides is 1. The molecule has 1 aromatic rings. The minimum Gasteiger partial charge on any atom is -0.353 e. The summed E-state index contributed by atoms with van der Waals surface area (Å²) in [6, 6.07) is 9.01. The van der Waals surface area contributed by atoms with Gasteiger partial charge in [0.15, 0.2) is 0 Å². The Morgan fingerprint density at radius 3 is 2.55 bits per heavy atom. The average molecular weight is 272 g/mol. The molecule has 2 aliphatic rings. The first-order valence-electron chi connectivity index (χ1n) is 7.79. The minimum atomic E-state index is 0.294. The molecule has 1 amide bonds. The number of benzene rings is 1. The highest BCUT2D eigenvalue weighted by atomic mass is 16.2.